The van der Waals surface area contributed by atoms with E-state index in [0.717, 1.165) is 30.6 Å². The zero-order valence-electron chi connectivity index (χ0n) is 10.5. The smallest absolute Gasteiger partial charge is 0.127 e. The Morgan fingerprint density at radius 3 is 2.88 bits per heavy atom. The first kappa shape index (κ1) is 12.5. The van der Waals surface area contributed by atoms with E-state index in [4.69, 9.17) is 4.74 Å². The number of hydrogen-bond acceptors (Lipinski definition) is 2. The second-order valence-corrected chi connectivity index (χ2v) is 4.72. The molecule has 1 aromatic rings. The first-order chi connectivity index (χ1) is 8.19. The van der Waals surface area contributed by atoms with Crippen LogP contribution < -0.4 is 5.32 Å². The first-order valence-electron chi connectivity index (χ1n) is 6.29. The van der Waals surface area contributed by atoms with Crippen LogP contribution >= 0.6 is 0 Å². The second-order valence-electron chi connectivity index (χ2n) is 4.72. The first-order valence-corrected chi connectivity index (χ1v) is 6.29. The van der Waals surface area contributed by atoms with E-state index in [0.29, 0.717) is 18.7 Å². The van der Waals surface area contributed by atoms with Crippen molar-refractivity contribution in [1.29, 1.82) is 0 Å². The maximum absolute atomic E-state index is 13.5. The summed E-state index contributed by atoms with van der Waals surface area (Å²) in [4.78, 5) is 0. The van der Waals surface area contributed by atoms with Crippen LogP contribution in [-0.2, 0) is 11.3 Å². The van der Waals surface area contributed by atoms with Crippen LogP contribution in [0.5, 0.6) is 0 Å². The van der Waals surface area contributed by atoms with Crippen LogP contribution in [0.15, 0.2) is 18.2 Å². The molecule has 0 amide bonds. The van der Waals surface area contributed by atoms with Crippen LogP contribution in [0.4, 0.5) is 4.39 Å². The zero-order chi connectivity index (χ0) is 12.3. The number of halogens is 1. The summed E-state index contributed by atoms with van der Waals surface area (Å²) in [5.41, 5.74) is 1.86. The molecule has 1 N–H and O–H groups in total. The average Bonchev–Trinajstić information content (AvgIpc) is 2.26. The molecular formula is C14H20FNO. The Balaban J connectivity index is 1.77. The lowest BCUT2D eigenvalue weighted by Crippen LogP contribution is -2.45. The molecule has 1 aromatic carbocycles. The summed E-state index contributed by atoms with van der Waals surface area (Å²) >= 11 is 0. The summed E-state index contributed by atoms with van der Waals surface area (Å²) in [6.07, 6.45) is 2.49. The third-order valence-electron chi connectivity index (χ3n) is 3.28. The van der Waals surface area contributed by atoms with Crippen LogP contribution in [0.1, 0.15) is 30.9 Å². The minimum absolute atomic E-state index is 0.121. The van der Waals surface area contributed by atoms with Gasteiger partial charge in [-0.3, -0.25) is 0 Å². The van der Waals surface area contributed by atoms with Crippen molar-refractivity contribution >= 4 is 0 Å². The van der Waals surface area contributed by atoms with Crippen molar-refractivity contribution < 1.29 is 9.13 Å². The van der Waals surface area contributed by atoms with Crippen molar-refractivity contribution in [1.82, 2.24) is 5.32 Å². The highest BCUT2D eigenvalue weighted by Crippen LogP contribution is 2.23. The van der Waals surface area contributed by atoms with Crippen molar-refractivity contribution in [2.24, 2.45) is 0 Å². The Hall–Kier alpha value is -0.930. The Kier molecular flexibility index (Phi) is 4.13. The van der Waals surface area contributed by atoms with Gasteiger partial charge in [-0.05, 0) is 32.8 Å². The Morgan fingerprint density at radius 2 is 2.18 bits per heavy atom. The highest BCUT2D eigenvalue weighted by atomic mass is 19.1. The number of benzene rings is 1. The molecule has 0 bridgehead atoms. The molecule has 0 radical (unpaired) electrons. The molecule has 1 saturated carbocycles. The van der Waals surface area contributed by atoms with Gasteiger partial charge in [-0.25, -0.2) is 4.39 Å². The Bertz CT molecular complexity index is 374. The molecule has 0 atom stereocenters. The minimum atomic E-state index is -0.121. The van der Waals surface area contributed by atoms with Gasteiger partial charge in [0.05, 0.1) is 6.10 Å². The lowest BCUT2D eigenvalue weighted by Gasteiger charge is -2.35. The van der Waals surface area contributed by atoms with Gasteiger partial charge >= 0.3 is 0 Å². The maximum atomic E-state index is 13.5. The van der Waals surface area contributed by atoms with Gasteiger partial charge in [0, 0.05) is 24.8 Å². The third kappa shape index (κ3) is 3.27. The van der Waals surface area contributed by atoms with E-state index in [1.165, 1.54) is 6.07 Å². The lowest BCUT2D eigenvalue weighted by molar-refractivity contribution is -0.0102. The summed E-state index contributed by atoms with van der Waals surface area (Å²) in [5.74, 6) is -0.121. The fourth-order valence-electron chi connectivity index (χ4n) is 2.20. The van der Waals surface area contributed by atoms with E-state index in [1.807, 2.05) is 19.9 Å². The minimum Gasteiger partial charge on any atom is -0.378 e. The number of rotatable bonds is 5. The quantitative estimate of drug-likeness (QED) is 0.850. The van der Waals surface area contributed by atoms with E-state index in [-0.39, 0.29) is 5.82 Å². The number of ether oxygens (including phenoxy) is 1. The predicted molar refractivity (Wildman–Crippen MR) is 66.4 cm³/mol. The van der Waals surface area contributed by atoms with Crippen LogP contribution in [0.25, 0.3) is 0 Å². The SMILES string of the molecule is CCOC1CC(NCc2cc(C)ccc2F)C1. The van der Waals surface area contributed by atoms with E-state index in [1.54, 1.807) is 6.07 Å². The van der Waals surface area contributed by atoms with Crippen LogP contribution in [0, 0.1) is 12.7 Å². The summed E-state index contributed by atoms with van der Waals surface area (Å²) in [7, 11) is 0. The summed E-state index contributed by atoms with van der Waals surface area (Å²) < 4.78 is 19.0. The van der Waals surface area contributed by atoms with Gasteiger partial charge in [-0.2, -0.15) is 0 Å². The van der Waals surface area contributed by atoms with Crippen molar-refractivity contribution in [3.8, 4) is 0 Å². The predicted octanol–water partition coefficient (Wildman–Crippen LogP) is 2.79. The van der Waals surface area contributed by atoms with Gasteiger partial charge in [0.2, 0.25) is 0 Å². The van der Waals surface area contributed by atoms with Crippen LogP contribution in [0.3, 0.4) is 0 Å². The zero-order valence-corrected chi connectivity index (χ0v) is 10.5. The fourth-order valence-corrected chi connectivity index (χ4v) is 2.20. The molecule has 0 saturated heterocycles. The molecule has 1 aliphatic carbocycles. The fraction of sp³-hybridized carbons (Fsp3) is 0.571. The number of nitrogens with one attached hydrogen (secondary N) is 1. The molecule has 0 aliphatic heterocycles. The van der Waals surface area contributed by atoms with E-state index in [2.05, 4.69) is 5.32 Å². The van der Waals surface area contributed by atoms with E-state index in [9.17, 15) is 4.39 Å². The highest BCUT2D eigenvalue weighted by Gasteiger charge is 2.28. The Labute approximate surface area is 102 Å². The standard InChI is InChI=1S/C14H20FNO/c1-3-17-13-7-12(8-13)16-9-11-6-10(2)4-5-14(11)15/h4-6,12-13,16H,3,7-9H2,1-2H3. The molecule has 94 valence electrons. The summed E-state index contributed by atoms with van der Waals surface area (Å²) in [6.45, 7) is 5.39. The van der Waals surface area contributed by atoms with Crippen molar-refractivity contribution in [2.45, 2.75) is 45.4 Å². The molecule has 0 aromatic heterocycles. The van der Waals surface area contributed by atoms with Gasteiger partial charge in [0.25, 0.3) is 0 Å². The maximum Gasteiger partial charge on any atom is 0.127 e. The molecule has 0 heterocycles. The van der Waals surface area contributed by atoms with Crippen molar-refractivity contribution in [3.05, 3.63) is 35.1 Å². The third-order valence-corrected chi connectivity index (χ3v) is 3.28. The van der Waals surface area contributed by atoms with Crippen LogP contribution in [-0.4, -0.2) is 18.8 Å². The summed E-state index contributed by atoms with van der Waals surface area (Å²) in [5, 5.41) is 3.37. The van der Waals surface area contributed by atoms with E-state index < -0.39 is 0 Å². The molecule has 17 heavy (non-hydrogen) atoms. The molecule has 1 fully saturated rings. The molecule has 3 heteroatoms. The lowest BCUT2D eigenvalue weighted by atomic mass is 9.89. The molecule has 2 nitrogen and oxygen atoms in total. The monoisotopic (exact) mass is 237 g/mol. The average molecular weight is 237 g/mol. The molecule has 2 rings (SSSR count). The second kappa shape index (κ2) is 5.61. The molecule has 0 spiro atoms. The van der Waals surface area contributed by atoms with Gasteiger partial charge in [0.15, 0.2) is 0 Å². The van der Waals surface area contributed by atoms with Gasteiger partial charge in [-0.1, -0.05) is 17.7 Å². The topological polar surface area (TPSA) is 21.3 Å². The Morgan fingerprint density at radius 1 is 1.41 bits per heavy atom. The van der Waals surface area contributed by atoms with Crippen LogP contribution in [0.2, 0.25) is 0 Å². The number of aryl methyl sites for hydroxylation is 1. The largest absolute Gasteiger partial charge is 0.378 e. The number of hydrogen-bond donors (Lipinski definition) is 1. The van der Waals surface area contributed by atoms with Crippen molar-refractivity contribution in [2.75, 3.05) is 6.61 Å². The molecular weight excluding hydrogens is 217 g/mol. The van der Waals surface area contributed by atoms with Gasteiger partial charge < -0.3 is 10.1 Å². The van der Waals surface area contributed by atoms with Crippen molar-refractivity contribution in [3.63, 3.8) is 0 Å². The molecule has 0 unspecified atom stereocenters. The normalized spacial score (nSPS) is 23.5. The summed E-state index contributed by atoms with van der Waals surface area (Å²) in [6, 6.07) is 5.72. The van der Waals surface area contributed by atoms with Gasteiger partial charge in [0.1, 0.15) is 5.82 Å². The molecule has 1 aliphatic rings. The highest BCUT2D eigenvalue weighted by molar-refractivity contribution is 5.24. The van der Waals surface area contributed by atoms with E-state index >= 15 is 0 Å². The van der Waals surface area contributed by atoms with Gasteiger partial charge in [-0.15, -0.1) is 0 Å².